The number of aromatic nitrogens is 1. The van der Waals surface area contributed by atoms with Crippen LogP contribution < -0.4 is 5.14 Å². The highest BCUT2D eigenvalue weighted by molar-refractivity contribution is 7.89. The zero-order valence-corrected chi connectivity index (χ0v) is 13.6. The van der Waals surface area contributed by atoms with Gasteiger partial charge in [0.1, 0.15) is 5.76 Å². The molecule has 0 aliphatic heterocycles. The van der Waals surface area contributed by atoms with Crippen LogP contribution in [0.15, 0.2) is 39.8 Å². The highest BCUT2D eigenvalue weighted by Crippen LogP contribution is 2.55. The fraction of sp³-hybridized carbons (Fsp3) is 0.471. The molecular formula is C17H20N2O3S. The average molecular weight is 332 g/mol. The van der Waals surface area contributed by atoms with Crippen LogP contribution >= 0.6 is 0 Å². The first-order valence-corrected chi connectivity index (χ1v) is 9.65. The molecule has 1 aromatic carbocycles. The Morgan fingerprint density at radius 1 is 1.09 bits per heavy atom. The second-order valence-electron chi connectivity index (χ2n) is 6.64. The maximum absolute atomic E-state index is 11.3. The highest BCUT2D eigenvalue weighted by Gasteiger charge is 2.42. The topological polar surface area (TPSA) is 86.2 Å². The second kappa shape index (κ2) is 5.46. The van der Waals surface area contributed by atoms with E-state index in [1.54, 1.807) is 12.1 Å². The molecule has 0 radical (unpaired) electrons. The van der Waals surface area contributed by atoms with Crippen LogP contribution in [-0.2, 0) is 10.0 Å². The van der Waals surface area contributed by atoms with E-state index in [2.05, 4.69) is 4.98 Å². The minimum atomic E-state index is -3.63. The molecule has 0 unspecified atom stereocenters. The van der Waals surface area contributed by atoms with Crippen LogP contribution in [0.3, 0.4) is 0 Å². The lowest BCUT2D eigenvalue weighted by molar-refractivity contribution is 0.418. The zero-order chi connectivity index (χ0) is 16.0. The van der Waals surface area contributed by atoms with E-state index in [4.69, 9.17) is 9.56 Å². The van der Waals surface area contributed by atoms with Crippen molar-refractivity contribution in [2.24, 2.45) is 5.14 Å². The molecule has 6 heteroatoms. The number of hydrogen-bond acceptors (Lipinski definition) is 4. The van der Waals surface area contributed by atoms with Crippen LogP contribution in [0.5, 0.6) is 0 Å². The fourth-order valence-electron chi connectivity index (χ4n) is 3.62. The van der Waals surface area contributed by atoms with Crippen molar-refractivity contribution in [3.05, 3.63) is 47.7 Å². The van der Waals surface area contributed by atoms with E-state index in [0.29, 0.717) is 17.8 Å². The van der Waals surface area contributed by atoms with Gasteiger partial charge >= 0.3 is 0 Å². The summed E-state index contributed by atoms with van der Waals surface area (Å²) in [5.74, 6) is 3.10. The van der Waals surface area contributed by atoms with Crippen LogP contribution in [0.2, 0.25) is 0 Å². The van der Waals surface area contributed by atoms with Crippen LogP contribution in [0, 0.1) is 0 Å². The van der Waals surface area contributed by atoms with Crippen molar-refractivity contribution < 1.29 is 12.8 Å². The Labute approximate surface area is 136 Å². The van der Waals surface area contributed by atoms with Crippen molar-refractivity contribution >= 4 is 10.0 Å². The van der Waals surface area contributed by atoms with E-state index in [1.165, 1.54) is 25.7 Å². The SMILES string of the molecule is NS(=O)(=O)c1ccc([C@@H]2C[C@H]2c2cnc(C3CCCC3)o2)cc1. The molecule has 122 valence electrons. The summed E-state index contributed by atoms with van der Waals surface area (Å²) in [6, 6.07) is 6.84. The summed E-state index contributed by atoms with van der Waals surface area (Å²) >= 11 is 0. The van der Waals surface area contributed by atoms with Crippen molar-refractivity contribution in [3.8, 4) is 0 Å². The lowest BCUT2D eigenvalue weighted by atomic mass is 10.1. The molecule has 0 spiro atoms. The number of nitrogens with two attached hydrogens (primary N) is 1. The first kappa shape index (κ1) is 14.9. The maximum Gasteiger partial charge on any atom is 0.238 e. The molecule has 2 fully saturated rings. The molecular weight excluding hydrogens is 312 g/mol. The van der Waals surface area contributed by atoms with Gasteiger partial charge < -0.3 is 4.42 Å². The number of hydrogen-bond donors (Lipinski definition) is 1. The summed E-state index contributed by atoms with van der Waals surface area (Å²) in [5, 5.41) is 5.13. The highest BCUT2D eigenvalue weighted by atomic mass is 32.2. The molecule has 0 bridgehead atoms. The minimum Gasteiger partial charge on any atom is -0.445 e. The van der Waals surface area contributed by atoms with E-state index < -0.39 is 10.0 Å². The van der Waals surface area contributed by atoms with Crippen molar-refractivity contribution in [3.63, 3.8) is 0 Å². The molecule has 2 N–H and O–H groups in total. The summed E-state index contributed by atoms with van der Waals surface area (Å²) in [4.78, 5) is 4.63. The first-order valence-electron chi connectivity index (χ1n) is 8.11. The lowest BCUT2D eigenvalue weighted by Gasteiger charge is -2.03. The number of sulfonamides is 1. The number of nitrogens with zero attached hydrogens (tertiary/aromatic N) is 1. The van der Waals surface area contributed by atoms with Gasteiger partial charge in [0.15, 0.2) is 5.89 Å². The average Bonchev–Trinajstić information content (AvgIpc) is 2.94. The van der Waals surface area contributed by atoms with Gasteiger partial charge in [0, 0.05) is 11.8 Å². The molecule has 2 aliphatic carbocycles. The zero-order valence-electron chi connectivity index (χ0n) is 12.8. The van der Waals surface area contributed by atoms with Crippen molar-refractivity contribution in [1.29, 1.82) is 0 Å². The third-order valence-electron chi connectivity index (χ3n) is 5.04. The molecule has 0 saturated heterocycles. The smallest absolute Gasteiger partial charge is 0.238 e. The number of primary sulfonamides is 1. The van der Waals surface area contributed by atoms with E-state index in [9.17, 15) is 8.42 Å². The van der Waals surface area contributed by atoms with Crippen LogP contribution in [0.25, 0.3) is 0 Å². The summed E-state index contributed by atoms with van der Waals surface area (Å²) in [6.07, 6.45) is 7.80. The Balaban J connectivity index is 1.47. The Morgan fingerprint density at radius 3 is 2.43 bits per heavy atom. The van der Waals surface area contributed by atoms with Gasteiger partial charge in [-0.3, -0.25) is 0 Å². The summed E-state index contributed by atoms with van der Waals surface area (Å²) < 4.78 is 28.6. The third kappa shape index (κ3) is 2.93. The fourth-order valence-corrected chi connectivity index (χ4v) is 4.13. The normalized spacial score (nSPS) is 24.9. The summed E-state index contributed by atoms with van der Waals surface area (Å²) in [6.45, 7) is 0. The Bertz CT molecular complexity index is 805. The summed E-state index contributed by atoms with van der Waals surface area (Å²) in [5.41, 5.74) is 1.13. The number of rotatable bonds is 4. The van der Waals surface area contributed by atoms with E-state index in [0.717, 1.165) is 23.6 Å². The predicted molar refractivity (Wildman–Crippen MR) is 85.6 cm³/mol. The van der Waals surface area contributed by atoms with Gasteiger partial charge in [-0.25, -0.2) is 18.5 Å². The van der Waals surface area contributed by atoms with Crippen LogP contribution in [-0.4, -0.2) is 13.4 Å². The predicted octanol–water partition coefficient (Wildman–Crippen LogP) is 3.25. The third-order valence-corrected chi connectivity index (χ3v) is 5.97. The molecule has 4 rings (SSSR count). The van der Waals surface area contributed by atoms with Crippen LogP contribution in [0.1, 0.15) is 67.1 Å². The van der Waals surface area contributed by atoms with Gasteiger partial charge in [0.2, 0.25) is 10.0 Å². The molecule has 23 heavy (non-hydrogen) atoms. The van der Waals surface area contributed by atoms with Gasteiger partial charge in [0.25, 0.3) is 0 Å². The van der Waals surface area contributed by atoms with Crippen molar-refractivity contribution in [2.45, 2.75) is 54.8 Å². The monoisotopic (exact) mass is 332 g/mol. The Morgan fingerprint density at radius 2 is 1.78 bits per heavy atom. The number of benzene rings is 1. The molecule has 5 nitrogen and oxygen atoms in total. The lowest BCUT2D eigenvalue weighted by Crippen LogP contribution is -2.11. The van der Waals surface area contributed by atoms with Gasteiger partial charge in [-0.2, -0.15) is 0 Å². The molecule has 1 heterocycles. The molecule has 2 aliphatic rings. The minimum absolute atomic E-state index is 0.154. The molecule has 0 amide bonds. The molecule has 2 aromatic rings. The number of oxazole rings is 1. The van der Waals surface area contributed by atoms with Crippen LogP contribution in [0.4, 0.5) is 0 Å². The molecule has 1 aromatic heterocycles. The Kier molecular flexibility index (Phi) is 3.54. The van der Waals surface area contributed by atoms with Gasteiger partial charge in [0.05, 0.1) is 11.1 Å². The van der Waals surface area contributed by atoms with E-state index >= 15 is 0 Å². The maximum atomic E-state index is 11.3. The largest absolute Gasteiger partial charge is 0.445 e. The van der Waals surface area contributed by atoms with Crippen molar-refractivity contribution in [1.82, 2.24) is 4.98 Å². The summed E-state index contributed by atoms with van der Waals surface area (Å²) in [7, 11) is -3.63. The standard InChI is InChI=1S/C17H20N2O3S/c18-23(20,21)13-7-5-11(6-8-13)14-9-15(14)16-10-19-17(22-16)12-3-1-2-4-12/h5-8,10,12,14-15H,1-4,9H2,(H2,18,20,21)/t14-,15+/m0/s1. The van der Waals surface area contributed by atoms with E-state index in [-0.39, 0.29) is 4.90 Å². The molecule has 2 saturated carbocycles. The molecule has 2 atom stereocenters. The Hall–Kier alpha value is -1.66. The van der Waals surface area contributed by atoms with Crippen molar-refractivity contribution in [2.75, 3.05) is 0 Å². The quantitative estimate of drug-likeness (QED) is 0.931. The van der Waals surface area contributed by atoms with Gasteiger partial charge in [-0.1, -0.05) is 25.0 Å². The van der Waals surface area contributed by atoms with Gasteiger partial charge in [-0.15, -0.1) is 0 Å². The second-order valence-corrected chi connectivity index (χ2v) is 8.21. The first-order chi connectivity index (χ1) is 11.0. The van der Waals surface area contributed by atoms with Gasteiger partial charge in [-0.05, 0) is 42.9 Å². The van der Waals surface area contributed by atoms with E-state index in [1.807, 2.05) is 18.3 Å².